The molecule has 0 aliphatic heterocycles. The van der Waals surface area contributed by atoms with Gasteiger partial charge in [0.05, 0.1) is 10.4 Å². The van der Waals surface area contributed by atoms with Crippen molar-refractivity contribution in [2.45, 2.75) is 0 Å². The summed E-state index contributed by atoms with van der Waals surface area (Å²) in [4.78, 5) is 2.39. The van der Waals surface area contributed by atoms with Gasteiger partial charge in [-0.05, 0) is 85.9 Å². The Bertz CT molecular complexity index is 2490. The molecule has 8 aromatic carbocycles. The molecule has 0 fully saturated rings. The lowest BCUT2D eigenvalue weighted by Crippen LogP contribution is -2.09. The molecule has 44 heavy (non-hydrogen) atoms. The summed E-state index contributed by atoms with van der Waals surface area (Å²) < 4.78 is 2.62. The third-order valence-electron chi connectivity index (χ3n) is 8.82. The zero-order valence-electron chi connectivity index (χ0n) is 23.9. The van der Waals surface area contributed by atoms with Crippen LogP contribution in [-0.4, -0.2) is 0 Å². The maximum atomic E-state index is 2.39. The van der Waals surface area contributed by atoms with Crippen molar-refractivity contribution in [2.24, 2.45) is 0 Å². The van der Waals surface area contributed by atoms with E-state index in [-0.39, 0.29) is 0 Å². The fraction of sp³-hybridized carbons (Fsp3) is 0. The van der Waals surface area contributed by atoms with Gasteiger partial charge in [-0.2, -0.15) is 0 Å². The molecule has 0 amide bonds. The molecule has 1 heterocycles. The highest BCUT2D eigenvalue weighted by atomic mass is 32.1. The van der Waals surface area contributed by atoms with Gasteiger partial charge in [0.1, 0.15) is 0 Å². The van der Waals surface area contributed by atoms with Crippen LogP contribution in [0.4, 0.5) is 17.1 Å². The summed E-state index contributed by atoms with van der Waals surface area (Å²) in [5.41, 5.74) is 5.92. The molecule has 0 spiro atoms. The van der Waals surface area contributed by atoms with Crippen LogP contribution in [-0.2, 0) is 0 Å². The van der Waals surface area contributed by atoms with E-state index >= 15 is 0 Å². The van der Waals surface area contributed by atoms with Gasteiger partial charge in [0.25, 0.3) is 0 Å². The Balaban J connectivity index is 1.16. The molecule has 9 rings (SSSR count). The normalized spacial score (nSPS) is 11.6. The van der Waals surface area contributed by atoms with Gasteiger partial charge in [-0.15, -0.1) is 11.3 Å². The van der Waals surface area contributed by atoms with Gasteiger partial charge in [-0.3, -0.25) is 0 Å². The van der Waals surface area contributed by atoms with Crippen molar-refractivity contribution in [3.63, 3.8) is 0 Å². The van der Waals surface area contributed by atoms with Crippen LogP contribution in [0.25, 0.3) is 63.6 Å². The molecular weight excluding hydrogens is 551 g/mol. The maximum Gasteiger partial charge on any atom is 0.0640 e. The first-order valence-corrected chi connectivity index (χ1v) is 15.8. The van der Waals surface area contributed by atoms with E-state index in [1.807, 2.05) is 11.3 Å². The van der Waals surface area contributed by atoms with Crippen LogP contribution in [0.3, 0.4) is 0 Å². The van der Waals surface area contributed by atoms with Crippen LogP contribution in [0.1, 0.15) is 0 Å². The van der Waals surface area contributed by atoms with Crippen LogP contribution in [0.15, 0.2) is 164 Å². The highest BCUT2D eigenvalue weighted by molar-refractivity contribution is 7.26. The van der Waals surface area contributed by atoms with Crippen molar-refractivity contribution < 1.29 is 0 Å². The minimum atomic E-state index is 1.14. The first-order chi connectivity index (χ1) is 21.8. The first kappa shape index (κ1) is 25.1. The number of hydrogen-bond donors (Lipinski definition) is 0. The molecule has 0 aliphatic carbocycles. The van der Waals surface area contributed by atoms with E-state index in [9.17, 15) is 0 Å². The minimum absolute atomic E-state index is 1.14. The monoisotopic (exact) mass is 577 g/mol. The molecule has 0 unspecified atom stereocenters. The van der Waals surface area contributed by atoms with Crippen LogP contribution >= 0.6 is 11.3 Å². The largest absolute Gasteiger partial charge is 0.309 e. The lowest BCUT2D eigenvalue weighted by Gasteiger charge is -2.26. The lowest BCUT2D eigenvalue weighted by atomic mass is 9.94. The molecule has 0 bridgehead atoms. The Morgan fingerprint density at radius 2 is 1.02 bits per heavy atom. The second kappa shape index (κ2) is 10.1. The van der Waals surface area contributed by atoms with E-state index in [1.165, 1.54) is 69.3 Å². The number of para-hydroxylation sites is 1. The zero-order valence-corrected chi connectivity index (χ0v) is 24.8. The Morgan fingerprint density at radius 3 is 1.89 bits per heavy atom. The van der Waals surface area contributed by atoms with E-state index in [4.69, 9.17) is 0 Å². The van der Waals surface area contributed by atoms with Gasteiger partial charge in [0.15, 0.2) is 0 Å². The highest BCUT2D eigenvalue weighted by Crippen LogP contribution is 2.45. The van der Waals surface area contributed by atoms with E-state index in [0.29, 0.717) is 0 Å². The Morgan fingerprint density at radius 1 is 0.386 bits per heavy atom. The second-order valence-electron chi connectivity index (χ2n) is 11.4. The number of nitrogens with zero attached hydrogens (tertiary/aromatic N) is 1. The van der Waals surface area contributed by atoms with E-state index in [0.717, 1.165) is 11.4 Å². The summed E-state index contributed by atoms with van der Waals surface area (Å²) in [6, 6.07) is 59.7. The van der Waals surface area contributed by atoms with E-state index in [2.05, 4.69) is 169 Å². The van der Waals surface area contributed by atoms with Crippen LogP contribution < -0.4 is 4.90 Å². The number of fused-ring (bicyclic) bond motifs is 8. The predicted molar refractivity (Wildman–Crippen MR) is 192 cm³/mol. The molecule has 0 saturated heterocycles. The van der Waals surface area contributed by atoms with Crippen molar-refractivity contribution in [1.29, 1.82) is 0 Å². The number of rotatable bonds is 4. The van der Waals surface area contributed by atoms with Crippen molar-refractivity contribution in [3.05, 3.63) is 164 Å². The van der Waals surface area contributed by atoms with Crippen molar-refractivity contribution >= 4 is 80.9 Å². The topological polar surface area (TPSA) is 3.24 Å². The standard InChI is InChI=1S/C42H27NS/c1-2-10-33(11-3-1)43(39-15-8-14-38-37-13-6-7-16-40(37)44-42(38)39)34-24-21-28(22-25-34)31-23-26-36-32(27-31)20-19-30-18-17-29-9-4-5-12-35(29)41(30)36/h1-27H. The summed E-state index contributed by atoms with van der Waals surface area (Å²) in [5, 5.41) is 10.4. The van der Waals surface area contributed by atoms with Gasteiger partial charge in [-0.1, -0.05) is 121 Å². The zero-order chi connectivity index (χ0) is 29.0. The smallest absolute Gasteiger partial charge is 0.0640 e. The quantitative estimate of drug-likeness (QED) is 0.188. The van der Waals surface area contributed by atoms with Crippen LogP contribution in [0.2, 0.25) is 0 Å². The molecule has 0 aliphatic rings. The molecule has 1 aromatic heterocycles. The molecule has 0 radical (unpaired) electrons. The molecule has 1 nitrogen and oxygen atoms in total. The lowest BCUT2D eigenvalue weighted by molar-refractivity contribution is 1.30. The summed E-state index contributed by atoms with van der Waals surface area (Å²) in [7, 11) is 0. The predicted octanol–water partition coefficient (Wildman–Crippen LogP) is 12.7. The second-order valence-corrected chi connectivity index (χ2v) is 12.4. The van der Waals surface area contributed by atoms with Gasteiger partial charge in [-0.25, -0.2) is 0 Å². The molecule has 9 aromatic rings. The van der Waals surface area contributed by atoms with Crippen molar-refractivity contribution in [2.75, 3.05) is 4.90 Å². The number of anilines is 3. The molecule has 206 valence electrons. The van der Waals surface area contributed by atoms with E-state index in [1.54, 1.807) is 0 Å². The first-order valence-electron chi connectivity index (χ1n) is 15.0. The summed E-state index contributed by atoms with van der Waals surface area (Å²) in [5.74, 6) is 0. The van der Waals surface area contributed by atoms with Gasteiger partial charge < -0.3 is 4.90 Å². The van der Waals surface area contributed by atoms with Crippen molar-refractivity contribution in [1.82, 2.24) is 0 Å². The molecule has 0 atom stereocenters. The summed E-state index contributed by atoms with van der Waals surface area (Å²) in [6.45, 7) is 0. The number of thiophene rings is 1. The third-order valence-corrected chi connectivity index (χ3v) is 10.0. The van der Waals surface area contributed by atoms with Crippen molar-refractivity contribution in [3.8, 4) is 11.1 Å². The average Bonchev–Trinajstić information content (AvgIpc) is 3.48. The molecule has 0 N–H and O–H groups in total. The van der Waals surface area contributed by atoms with Gasteiger partial charge in [0.2, 0.25) is 0 Å². The average molecular weight is 578 g/mol. The third kappa shape index (κ3) is 4.00. The molecular formula is C42H27NS. The number of benzene rings is 8. The fourth-order valence-corrected chi connectivity index (χ4v) is 7.94. The van der Waals surface area contributed by atoms with Crippen LogP contribution in [0, 0.1) is 0 Å². The van der Waals surface area contributed by atoms with Gasteiger partial charge in [0, 0.05) is 26.8 Å². The Labute approximate surface area is 259 Å². The minimum Gasteiger partial charge on any atom is -0.309 e. The van der Waals surface area contributed by atoms with Crippen LogP contribution in [0.5, 0.6) is 0 Å². The summed E-state index contributed by atoms with van der Waals surface area (Å²) >= 11 is 1.87. The Kier molecular flexibility index (Phi) is 5.75. The SMILES string of the molecule is c1ccc(N(c2ccc(-c3ccc4c(ccc5ccc6ccccc6c54)c3)cc2)c2cccc3c2sc2ccccc23)cc1. The fourth-order valence-electron chi connectivity index (χ4n) is 6.73. The number of hydrogen-bond acceptors (Lipinski definition) is 2. The van der Waals surface area contributed by atoms with Gasteiger partial charge >= 0.3 is 0 Å². The molecule has 2 heteroatoms. The molecule has 0 saturated carbocycles. The highest BCUT2D eigenvalue weighted by Gasteiger charge is 2.18. The summed E-state index contributed by atoms with van der Waals surface area (Å²) in [6.07, 6.45) is 0. The Hall–Kier alpha value is -5.44. The maximum absolute atomic E-state index is 2.39. The van der Waals surface area contributed by atoms with E-state index < -0.39 is 0 Å².